The number of aliphatic hydroxyl groups is 3. The maximum absolute atomic E-state index is 9.29. The van der Waals surface area contributed by atoms with Gasteiger partial charge in [-0.25, -0.2) is 0 Å². The van der Waals surface area contributed by atoms with Crippen LogP contribution in [-0.2, 0) is 0 Å². The van der Waals surface area contributed by atoms with Gasteiger partial charge in [-0.05, 0) is 6.26 Å². The number of hydrogen-bond donors (Lipinski definition) is 4. The van der Waals surface area contributed by atoms with Crippen LogP contribution in [0.4, 0.5) is 0 Å². The van der Waals surface area contributed by atoms with Crippen molar-refractivity contribution in [2.45, 2.75) is 29.6 Å². The summed E-state index contributed by atoms with van der Waals surface area (Å²) < 4.78 is 0. The van der Waals surface area contributed by atoms with Crippen molar-refractivity contribution in [3.05, 3.63) is 0 Å². The molecule has 12 heavy (non-hydrogen) atoms. The van der Waals surface area contributed by atoms with Gasteiger partial charge < -0.3 is 21.1 Å². The molecule has 0 aromatic heterocycles. The van der Waals surface area contributed by atoms with Crippen molar-refractivity contribution < 1.29 is 15.3 Å². The molecule has 4 nitrogen and oxygen atoms in total. The minimum absolute atomic E-state index is 0. The minimum Gasteiger partial charge on any atom is -0.389 e. The molecule has 1 fully saturated rings. The molecule has 5 atom stereocenters. The van der Waals surface area contributed by atoms with Crippen LogP contribution in [0, 0.1) is 0 Å². The van der Waals surface area contributed by atoms with Gasteiger partial charge in [-0.3, -0.25) is 0 Å². The van der Waals surface area contributed by atoms with Gasteiger partial charge in [0.2, 0.25) is 0 Å². The fourth-order valence-corrected chi connectivity index (χ4v) is 2.26. The highest BCUT2D eigenvalue weighted by Crippen LogP contribution is 2.28. The fraction of sp³-hybridized carbons (Fsp3) is 1.00. The quantitative estimate of drug-likeness (QED) is 0.431. The second-order valence-corrected chi connectivity index (χ2v) is 3.77. The summed E-state index contributed by atoms with van der Waals surface area (Å²) in [6.45, 7) is 0. The minimum atomic E-state index is -1.09. The summed E-state index contributed by atoms with van der Waals surface area (Å²) in [6.07, 6.45) is -1.21. The van der Waals surface area contributed by atoms with Gasteiger partial charge in [0.1, 0.15) is 6.10 Å². The largest absolute Gasteiger partial charge is 0.389 e. The van der Waals surface area contributed by atoms with Crippen molar-refractivity contribution in [1.82, 2.24) is 0 Å². The molecule has 0 aromatic carbocycles. The van der Waals surface area contributed by atoms with Crippen LogP contribution >= 0.6 is 24.2 Å². The van der Waals surface area contributed by atoms with E-state index >= 15 is 0 Å². The van der Waals surface area contributed by atoms with E-state index in [2.05, 4.69) is 0 Å². The average molecular weight is 216 g/mol. The van der Waals surface area contributed by atoms with Crippen molar-refractivity contribution in [3.63, 3.8) is 0 Å². The van der Waals surface area contributed by atoms with E-state index < -0.39 is 24.4 Å². The van der Waals surface area contributed by atoms with Crippen LogP contribution in [0.2, 0.25) is 0 Å². The van der Waals surface area contributed by atoms with E-state index in [1.165, 1.54) is 11.8 Å². The van der Waals surface area contributed by atoms with Crippen LogP contribution in [0.25, 0.3) is 0 Å². The Morgan fingerprint density at radius 2 is 1.58 bits per heavy atom. The van der Waals surface area contributed by atoms with E-state index in [4.69, 9.17) is 10.8 Å². The van der Waals surface area contributed by atoms with Crippen molar-refractivity contribution in [1.29, 1.82) is 0 Å². The van der Waals surface area contributed by atoms with Crippen LogP contribution in [-0.4, -0.2) is 51.2 Å². The summed E-state index contributed by atoms with van der Waals surface area (Å²) in [5.41, 5.74) is 5.52. The second-order valence-electron chi connectivity index (χ2n) is 2.75. The normalized spacial score (nSPS) is 47.2. The third-order valence-corrected chi connectivity index (χ3v) is 3.22. The van der Waals surface area contributed by atoms with Crippen LogP contribution in [0.5, 0.6) is 0 Å². The molecule has 6 heteroatoms. The molecule has 1 rings (SSSR count). The summed E-state index contributed by atoms with van der Waals surface area (Å²) in [5, 5.41) is 27.4. The topological polar surface area (TPSA) is 86.7 Å². The van der Waals surface area contributed by atoms with Crippen molar-refractivity contribution in [3.8, 4) is 0 Å². The fourth-order valence-electron chi connectivity index (χ4n) is 1.34. The van der Waals surface area contributed by atoms with Crippen LogP contribution in [0.3, 0.4) is 0 Å². The Morgan fingerprint density at radius 1 is 1.08 bits per heavy atom. The first-order valence-electron chi connectivity index (χ1n) is 3.42. The molecule has 1 aliphatic carbocycles. The Bertz CT molecular complexity index is 137. The molecule has 1 saturated carbocycles. The van der Waals surface area contributed by atoms with Gasteiger partial charge in [-0.15, -0.1) is 12.4 Å². The number of halogens is 1. The standard InChI is InChI=1S/C6H13NO3S.ClH/c1-11-6-2(7)3(8)4(9)5(6)10;/h2-6,8-10H,7H2,1H3;1H/t2-,3+,4+,5+,6+;/m0./s1. The summed E-state index contributed by atoms with van der Waals surface area (Å²) in [4.78, 5) is 0. The van der Waals surface area contributed by atoms with E-state index in [0.717, 1.165) is 0 Å². The molecule has 0 aliphatic heterocycles. The molecule has 0 heterocycles. The molecular weight excluding hydrogens is 202 g/mol. The molecule has 1 aliphatic rings. The van der Waals surface area contributed by atoms with Gasteiger partial charge in [-0.1, -0.05) is 0 Å². The second kappa shape index (κ2) is 4.64. The molecule has 0 bridgehead atoms. The lowest BCUT2D eigenvalue weighted by Crippen LogP contribution is -2.39. The lowest BCUT2D eigenvalue weighted by Gasteiger charge is -2.15. The SMILES string of the molecule is CS[C@@H]1[C@@H](N)[C@@H](O)[C@@H](O)[C@H]1O.Cl. The van der Waals surface area contributed by atoms with Gasteiger partial charge in [-0.2, -0.15) is 11.8 Å². The zero-order valence-electron chi connectivity index (χ0n) is 6.62. The summed E-state index contributed by atoms with van der Waals surface area (Å²) >= 11 is 1.36. The zero-order valence-corrected chi connectivity index (χ0v) is 8.26. The Hall–Kier alpha value is 0.480. The Labute approximate surface area is 81.6 Å². The first kappa shape index (κ1) is 12.5. The summed E-state index contributed by atoms with van der Waals surface area (Å²) in [6, 6.07) is -0.532. The molecule has 0 unspecified atom stereocenters. The van der Waals surface area contributed by atoms with E-state index in [0.29, 0.717) is 0 Å². The summed E-state index contributed by atoms with van der Waals surface area (Å²) in [5.74, 6) is 0. The van der Waals surface area contributed by atoms with E-state index in [9.17, 15) is 10.2 Å². The predicted molar refractivity (Wildman–Crippen MR) is 50.5 cm³/mol. The van der Waals surface area contributed by atoms with Gasteiger partial charge >= 0.3 is 0 Å². The number of aliphatic hydroxyl groups excluding tert-OH is 3. The first-order valence-corrected chi connectivity index (χ1v) is 4.71. The number of thioether (sulfide) groups is 1. The molecular formula is C6H14ClNO3S. The van der Waals surface area contributed by atoms with Crippen molar-refractivity contribution in [2.75, 3.05) is 6.26 Å². The number of rotatable bonds is 1. The maximum Gasteiger partial charge on any atom is 0.108 e. The third kappa shape index (κ3) is 1.86. The lowest BCUT2D eigenvalue weighted by molar-refractivity contribution is -0.0198. The number of hydrogen-bond acceptors (Lipinski definition) is 5. The number of nitrogens with two attached hydrogens (primary N) is 1. The smallest absolute Gasteiger partial charge is 0.108 e. The average Bonchev–Trinajstić information content (AvgIpc) is 2.17. The van der Waals surface area contributed by atoms with Gasteiger partial charge in [0, 0.05) is 6.04 Å². The third-order valence-electron chi connectivity index (χ3n) is 2.08. The highest BCUT2D eigenvalue weighted by molar-refractivity contribution is 7.99. The summed E-state index contributed by atoms with van der Waals surface area (Å²) in [7, 11) is 0. The lowest BCUT2D eigenvalue weighted by atomic mass is 10.2. The Balaban J connectivity index is 0.00000121. The molecule has 0 radical (unpaired) electrons. The first-order chi connectivity index (χ1) is 5.09. The Morgan fingerprint density at radius 3 is 1.75 bits per heavy atom. The zero-order chi connectivity index (χ0) is 8.59. The molecule has 0 aromatic rings. The monoisotopic (exact) mass is 215 g/mol. The molecule has 0 saturated heterocycles. The van der Waals surface area contributed by atoms with Crippen LogP contribution < -0.4 is 5.73 Å². The van der Waals surface area contributed by atoms with Gasteiger partial charge in [0.05, 0.1) is 17.5 Å². The van der Waals surface area contributed by atoms with Gasteiger partial charge in [0.25, 0.3) is 0 Å². The molecule has 5 N–H and O–H groups in total. The Kier molecular flexibility index (Phi) is 4.83. The van der Waals surface area contributed by atoms with Crippen LogP contribution in [0.15, 0.2) is 0 Å². The predicted octanol–water partition coefficient (Wildman–Crippen LogP) is -1.44. The van der Waals surface area contributed by atoms with Crippen molar-refractivity contribution >= 4 is 24.2 Å². The van der Waals surface area contributed by atoms with E-state index in [1.54, 1.807) is 6.26 Å². The van der Waals surface area contributed by atoms with Crippen molar-refractivity contribution in [2.24, 2.45) is 5.73 Å². The van der Waals surface area contributed by atoms with Gasteiger partial charge in [0.15, 0.2) is 0 Å². The van der Waals surface area contributed by atoms with E-state index in [-0.39, 0.29) is 17.7 Å². The molecule has 0 spiro atoms. The van der Waals surface area contributed by atoms with E-state index in [1.807, 2.05) is 0 Å². The highest BCUT2D eigenvalue weighted by atomic mass is 35.5. The molecule has 74 valence electrons. The highest BCUT2D eigenvalue weighted by Gasteiger charge is 2.46. The maximum atomic E-state index is 9.29. The van der Waals surface area contributed by atoms with Crippen LogP contribution in [0.1, 0.15) is 0 Å². The molecule has 0 amide bonds.